The van der Waals surface area contributed by atoms with Gasteiger partial charge in [0.05, 0.1) is 0 Å². The van der Waals surface area contributed by atoms with Crippen LogP contribution in [0.5, 0.6) is 0 Å². The lowest BCUT2D eigenvalue weighted by Gasteiger charge is -2.22. The van der Waals surface area contributed by atoms with Gasteiger partial charge < -0.3 is 10.2 Å². The second-order valence-corrected chi connectivity index (χ2v) is 5.25. The molecule has 21 heavy (non-hydrogen) atoms. The molecule has 2 rings (SSSR count). The van der Waals surface area contributed by atoms with Crippen molar-refractivity contribution in [2.75, 3.05) is 11.9 Å². The first-order chi connectivity index (χ1) is 10.1. The summed E-state index contributed by atoms with van der Waals surface area (Å²) in [5.41, 5.74) is 4.23. The molecule has 2 aromatic rings. The Balaban J connectivity index is 2.08. The summed E-state index contributed by atoms with van der Waals surface area (Å²) in [5, 5.41) is 3.01. The number of nitrogens with zero attached hydrogens (tertiary/aromatic N) is 1. The highest BCUT2D eigenvalue weighted by Crippen LogP contribution is 2.17. The number of hydrogen-bond acceptors (Lipinski definition) is 1. The Morgan fingerprint density at radius 1 is 1.10 bits per heavy atom. The predicted molar refractivity (Wildman–Crippen MR) is 87.5 cm³/mol. The first-order valence-electron chi connectivity index (χ1n) is 7.27. The number of hydrogen-bond donors (Lipinski definition) is 1. The Morgan fingerprint density at radius 3 is 2.48 bits per heavy atom. The summed E-state index contributed by atoms with van der Waals surface area (Å²) in [6.07, 6.45) is 0. The molecule has 0 aliphatic carbocycles. The first-order valence-corrected chi connectivity index (χ1v) is 7.27. The summed E-state index contributed by atoms with van der Waals surface area (Å²) in [5.74, 6) is 0. The van der Waals surface area contributed by atoms with Crippen molar-refractivity contribution >= 4 is 11.7 Å². The largest absolute Gasteiger partial charge is 0.322 e. The molecule has 0 aliphatic heterocycles. The van der Waals surface area contributed by atoms with Gasteiger partial charge in [-0.15, -0.1) is 0 Å². The molecule has 0 fully saturated rings. The van der Waals surface area contributed by atoms with Gasteiger partial charge in [-0.25, -0.2) is 4.79 Å². The quantitative estimate of drug-likeness (QED) is 0.888. The number of nitrogens with one attached hydrogen (secondary N) is 1. The van der Waals surface area contributed by atoms with Crippen LogP contribution in [0, 0.1) is 13.8 Å². The second kappa shape index (κ2) is 6.93. The van der Waals surface area contributed by atoms with Gasteiger partial charge >= 0.3 is 6.03 Å². The molecule has 110 valence electrons. The maximum Gasteiger partial charge on any atom is 0.322 e. The molecule has 3 nitrogen and oxygen atoms in total. The van der Waals surface area contributed by atoms with Crippen LogP contribution >= 0.6 is 0 Å². The average molecular weight is 282 g/mol. The van der Waals surface area contributed by atoms with Gasteiger partial charge in [-0.05, 0) is 43.5 Å². The van der Waals surface area contributed by atoms with E-state index < -0.39 is 0 Å². The zero-order valence-corrected chi connectivity index (χ0v) is 12.9. The van der Waals surface area contributed by atoms with Crippen molar-refractivity contribution in [1.29, 1.82) is 0 Å². The van der Waals surface area contributed by atoms with Gasteiger partial charge in [-0.1, -0.05) is 42.5 Å². The van der Waals surface area contributed by atoms with Gasteiger partial charge in [0.25, 0.3) is 0 Å². The Morgan fingerprint density at radius 2 is 1.81 bits per heavy atom. The fourth-order valence-corrected chi connectivity index (χ4v) is 2.20. The van der Waals surface area contributed by atoms with Gasteiger partial charge in [0.15, 0.2) is 0 Å². The van der Waals surface area contributed by atoms with Crippen LogP contribution in [-0.2, 0) is 6.54 Å². The summed E-state index contributed by atoms with van der Waals surface area (Å²) < 4.78 is 0. The average Bonchev–Trinajstić information content (AvgIpc) is 2.49. The van der Waals surface area contributed by atoms with Crippen molar-refractivity contribution in [3.05, 3.63) is 65.2 Å². The van der Waals surface area contributed by atoms with Crippen molar-refractivity contribution in [2.24, 2.45) is 0 Å². The number of rotatable bonds is 4. The van der Waals surface area contributed by atoms with Gasteiger partial charge in [-0.3, -0.25) is 0 Å². The summed E-state index contributed by atoms with van der Waals surface area (Å²) in [6.45, 7) is 7.31. The molecule has 0 unspecified atom stereocenters. The van der Waals surface area contributed by atoms with E-state index in [0.29, 0.717) is 13.1 Å². The number of carbonyl (C=O) groups is 1. The minimum atomic E-state index is -0.0601. The fourth-order valence-electron chi connectivity index (χ4n) is 2.20. The second-order valence-electron chi connectivity index (χ2n) is 5.25. The van der Waals surface area contributed by atoms with Crippen LogP contribution in [0.4, 0.5) is 10.5 Å². The number of amides is 2. The highest BCUT2D eigenvalue weighted by Gasteiger charge is 2.13. The van der Waals surface area contributed by atoms with E-state index >= 15 is 0 Å². The summed E-state index contributed by atoms with van der Waals surface area (Å²) in [4.78, 5) is 14.2. The standard InChI is InChI=1S/C18H22N2O/c1-4-20(13-16-8-6-5-7-9-16)18(21)19-17-12-14(2)10-11-15(17)3/h5-12H,4,13H2,1-3H3,(H,19,21). The van der Waals surface area contributed by atoms with Crippen molar-refractivity contribution in [2.45, 2.75) is 27.3 Å². The van der Waals surface area contributed by atoms with E-state index in [1.54, 1.807) is 4.90 Å². The van der Waals surface area contributed by atoms with Crippen molar-refractivity contribution < 1.29 is 4.79 Å². The molecule has 0 saturated carbocycles. The predicted octanol–water partition coefficient (Wildman–Crippen LogP) is 4.36. The number of benzene rings is 2. The molecule has 0 spiro atoms. The molecule has 0 aromatic heterocycles. The lowest BCUT2D eigenvalue weighted by molar-refractivity contribution is 0.212. The van der Waals surface area contributed by atoms with Gasteiger partial charge in [0, 0.05) is 18.8 Å². The highest BCUT2D eigenvalue weighted by molar-refractivity contribution is 5.90. The van der Waals surface area contributed by atoms with Crippen LogP contribution in [0.1, 0.15) is 23.6 Å². The Kier molecular flexibility index (Phi) is 4.99. The zero-order valence-electron chi connectivity index (χ0n) is 12.9. The Bertz CT molecular complexity index is 608. The molecular formula is C18H22N2O. The minimum absolute atomic E-state index is 0.0601. The Labute approximate surface area is 126 Å². The minimum Gasteiger partial charge on any atom is -0.320 e. The van der Waals surface area contributed by atoms with Crippen LogP contribution in [0.2, 0.25) is 0 Å². The molecule has 3 heteroatoms. The van der Waals surface area contributed by atoms with E-state index in [0.717, 1.165) is 22.4 Å². The molecule has 0 radical (unpaired) electrons. The number of carbonyl (C=O) groups excluding carboxylic acids is 1. The maximum atomic E-state index is 12.4. The zero-order chi connectivity index (χ0) is 15.2. The van der Waals surface area contributed by atoms with Gasteiger partial charge in [0.2, 0.25) is 0 Å². The van der Waals surface area contributed by atoms with Crippen LogP contribution in [-0.4, -0.2) is 17.5 Å². The summed E-state index contributed by atoms with van der Waals surface area (Å²) >= 11 is 0. The van der Waals surface area contributed by atoms with Crippen LogP contribution < -0.4 is 5.32 Å². The van der Waals surface area contributed by atoms with Gasteiger partial charge in [0.1, 0.15) is 0 Å². The van der Waals surface area contributed by atoms with E-state index in [4.69, 9.17) is 0 Å². The molecule has 0 heterocycles. The smallest absolute Gasteiger partial charge is 0.320 e. The SMILES string of the molecule is CCN(Cc1ccccc1)C(=O)Nc1cc(C)ccc1C. The van der Waals surface area contributed by atoms with Crippen LogP contribution in [0.15, 0.2) is 48.5 Å². The third-order valence-electron chi connectivity index (χ3n) is 3.52. The monoisotopic (exact) mass is 282 g/mol. The van der Waals surface area contributed by atoms with Gasteiger partial charge in [-0.2, -0.15) is 0 Å². The molecule has 0 atom stereocenters. The molecule has 0 saturated heterocycles. The summed E-state index contributed by atoms with van der Waals surface area (Å²) in [7, 11) is 0. The van der Waals surface area contributed by atoms with Crippen molar-refractivity contribution in [3.8, 4) is 0 Å². The third kappa shape index (κ3) is 4.09. The number of anilines is 1. The first kappa shape index (κ1) is 15.1. The van der Waals surface area contributed by atoms with E-state index in [-0.39, 0.29) is 6.03 Å². The molecule has 2 amide bonds. The molecule has 1 N–H and O–H groups in total. The third-order valence-corrected chi connectivity index (χ3v) is 3.52. The molecule has 0 bridgehead atoms. The van der Waals surface area contributed by atoms with Crippen molar-refractivity contribution in [3.63, 3.8) is 0 Å². The lowest BCUT2D eigenvalue weighted by atomic mass is 10.1. The topological polar surface area (TPSA) is 32.3 Å². The van der Waals surface area contributed by atoms with E-state index in [2.05, 4.69) is 5.32 Å². The van der Waals surface area contributed by atoms with Crippen LogP contribution in [0.3, 0.4) is 0 Å². The molecular weight excluding hydrogens is 260 g/mol. The molecule has 0 aliphatic rings. The van der Waals surface area contributed by atoms with E-state index in [1.165, 1.54) is 0 Å². The molecule has 2 aromatic carbocycles. The fraction of sp³-hybridized carbons (Fsp3) is 0.278. The van der Waals surface area contributed by atoms with Crippen LogP contribution in [0.25, 0.3) is 0 Å². The highest BCUT2D eigenvalue weighted by atomic mass is 16.2. The normalized spacial score (nSPS) is 10.2. The van der Waals surface area contributed by atoms with E-state index in [1.807, 2.05) is 69.3 Å². The number of aryl methyl sites for hydroxylation is 2. The van der Waals surface area contributed by atoms with E-state index in [9.17, 15) is 4.79 Å². The number of urea groups is 1. The summed E-state index contributed by atoms with van der Waals surface area (Å²) in [6, 6.07) is 16.1. The van der Waals surface area contributed by atoms with Crippen molar-refractivity contribution in [1.82, 2.24) is 4.90 Å². The maximum absolute atomic E-state index is 12.4. The lowest BCUT2D eigenvalue weighted by Crippen LogP contribution is -2.34. The Hall–Kier alpha value is -2.29.